The SMILES string of the molecule is C=CCO[C@@]12Oc3ccc(Oc4ccc(C)c(C)c4)cc3[C@H]3[C@H](CCCCO)[C@@H](CCCCO)C=C(C(=NOC)C[C@@H]1N(Cc1cccc4ccccc14)C(=O)c1ccc(C#N)cc1)[C@H]32. The normalized spacial score (nSPS) is 22.5. The molecule has 1 amide bonds. The smallest absolute Gasteiger partial charge is 0.254 e. The average molecular weight is 874 g/mol. The largest absolute Gasteiger partial charge is 0.459 e. The van der Waals surface area contributed by atoms with E-state index in [1.54, 1.807) is 37.5 Å². The first-order valence-corrected chi connectivity index (χ1v) is 22.9. The number of oxime groups is 1. The molecule has 1 saturated carbocycles. The Morgan fingerprint density at radius 2 is 1.66 bits per heavy atom. The Bertz CT molecular complexity index is 2610. The van der Waals surface area contributed by atoms with E-state index in [1.165, 1.54) is 5.56 Å². The van der Waals surface area contributed by atoms with Crippen molar-refractivity contribution in [3.8, 4) is 23.3 Å². The number of allylic oxidation sites excluding steroid dienone is 1. The van der Waals surface area contributed by atoms with Gasteiger partial charge in [-0.2, -0.15) is 5.26 Å². The third-order valence-electron chi connectivity index (χ3n) is 13.7. The molecule has 2 aliphatic carbocycles. The van der Waals surface area contributed by atoms with E-state index in [2.05, 4.69) is 69.0 Å². The minimum atomic E-state index is -1.46. The molecule has 1 fully saturated rings. The van der Waals surface area contributed by atoms with Crippen molar-refractivity contribution in [2.75, 3.05) is 26.9 Å². The van der Waals surface area contributed by atoms with Crippen LogP contribution in [0.25, 0.3) is 10.8 Å². The predicted molar refractivity (Wildman–Crippen MR) is 253 cm³/mol. The molecule has 65 heavy (non-hydrogen) atoms. The highest BCUT2D eigenvalue weighted by Gasteiger charge is 2.65. The van der Waals surface area contributed by atoms with E-state index < -0.39 is 17.7 Å². The van der Waals surface area contributed by atoms with Crippen molar-refractivity contribution in [1.29, 1.82) is 5.26 Å². The fourth-order valence-electron chi connectivity index (χ4n) is 10.5. The van der Waals surface area contributed by atoms with E-state index in [0.29, 0.717) is 41.2 Å². The summed E-state index contributed by atoms with van der Waals surface area (Å²) in [5.74, 6) is -0.259. The molecule has 5 aromatic rings. The van der Waals surface area contributed by atoms with E-state index >= 15 is 4.79 Å². The highest BCUT2D eigenvalue weighted by molar-refractivity contribution is 6.03. The summed E-state index contributed by atoms with van der Waals surface area (Å²) in [5, 5.41) is 36.5. The number of hydrogen-bond acceptors (Lipinski definition) is 9. The minimum absolute atomic E-state index is 0.0449. The van der Waals surface area contributed by atoms with Crippen LogP contribution in [0.2, 0.25) is 0 Å². The monoisotopic (exact) mass is 873 g/mol. The standard InChI is InChI=1S/C55H59N3O7/c1-5-29-63-55-51(58(54(61)40-22-20-38(34-56)21-23-40)35-42-16-12-15-39-13-6-7-17-45(39)42)33-49(57-62-4)47-31-41(14-8-10-27-59)46(18-9-11-28-60)52(53(47)55)48-32-44(25-26-50(48)65-55)64-43-24-19-36(2)37(3)30-43/h5-7,12-13,15-17,19-26,30-32,41,46,51-53,59-60H,1,8-11,14,18,27-29,33,35H2,2-4H3/t41-,46+,51-,52+,53+,55+/m0/s1. The molecule has 0 aromatic heterocycles. The lowest BCUT2D eigenvalue weighted by Crippen LogP contribution is -2.70. The fraction of sp³-hybridized carbons (Fsp3) is 0.364. The second kappa shape index (κ2) is 20.3. The van der Waals surface area contributed by atoms with Crippen LogP contribution >= 0.6 is 0 Å². The number of nitrogens with zero attached hydrogens (tertiary/aromatic N) is 3. The van der Waals surface area contributed by atoms with Crippen molar-refractivity contribution < 1.29 is 34.1 Å². The average Bonchev–Trinajstić information content (AvgIpc) is 3.32. The van der Waals surface area contributed by atoms with Gasteiger partial charge in [0.1, 0.15) is 30.4 Å². The van der Waals surface area contributed by atoms with Crippen molar-refractivity contribution in [2.24, 2.45) is 22.9 Å². The second-order valence-electron chi connectivity index (χ2n) is 17.6. The van der Waals surface area contributed by atoms with Crippen LogP contribution in [0, 0.1) is 42.9 Å². The zero-order chi connectivity index (χ0) is 45.5. The summed E-state index contributed by atoms with van der Waals surface area (Å²) in [7, 11) is 1.55. The van der Waals surface area contributed by atoms with Gasteiger partial charge in [-0.25, -0.2) is 0 Å². The lowest BCUT2D eigenvalue weighted by Gasteiger charge is -2.60. The van der Waals surface area contributed by atoms with Gasteiger partial charge in [0.25, 0.3) is 5.91 Å². The molecule has 0 bridgehead atoms. The van der Waals surface area contributed by atoms with Crippen LogP contribution in [0.5, 0.6) is 17.2 Å². The van der Waals surface area contributed by atoms with Crippen LogP contribution in [0.15, 0.2) is 133 Å². The number of aliphatic hydroxyl groups excluding tert-OH is 2. The quantitative estimate of drug-likeness (QED) is 0.0505. The van der Waals surface area contributed by atoms with Crippen LogP contribution < -0.4 is 9.47 Å². The van der Waals surface area contributed by atoms with Crippen molar-refractivity contribution >= 4 is 22.4 Å². The second-order valence-corrected chi connectivity index (χ2v) is 17.6. The number of hydrogen-bond donors (Lipinski definition) is 2. The van der Waals surface area contributed by atoms with Crippen molar-refractivity contribution in [2.45, 2.75) is 83.1 Å². The lowest BCUT2D eigenvalue weighted by molar-refractivity contribution is -0.255. The molecule has 10 nitrogen and oxygen atoms in total. The van der Waals surface area contributed by atoms with Gasteiger partial charge >= 0.3 is 0 Å². The number of benzene rings is 5. The molecule has 0 spiro atoms. The highest BCUT2D eigenvalue weighted by Crippen LogP contribution is 2.62. The Labute approximate surface area is 382 Å². The molecule has 2 N–H and O–H groups in total. The van der Waals surface area contributed by atoms with Crippen LogP contribution in [-0.4, -0.2) is 65.5 Å². The van der Waals surface area contributed by atoms with Gasteiger partial charge in [-0.05, 0) is 139 Å². The van der Waals surface area contributed by atoms with Crippen LogP contribution in [0.3, 0.4) is 0 Å². The lowest BCUT2D eigenvalue weighted by atomic mass is 9.55. The van der Waals surface area contributed by atoms with Crippen molar-refractivity contribution in [3.63, 3.8) is 0 Å². The summed E-state index contributed by atoms with van der Waals surface area (Å²) in [6.07, 6.45) is 8.90. The summed E-state index contributed by atoms with van der Waals surface area (Å²) < 4.78 is 21.3. The molecule has 0 saturated heterocycles. The first kappa shape index (κ1) is 45.3. The highest BCUT2D eigenvalue weighted by atomic mass is 16.7. The predicted octanol–water partition coefficient (Wildman–Crippen LogP) is 10.7. The number of aliphatic hydroxyl groups is 2. The molecule has 10 heteroatoms. The molecule has 1 heterocycles. The Morgan fingerprint density at radius 3 is 2.40 bits per heavy atom. The maximum absolute atomic E-state index is 15.5. The fourth-order valence-corrected chi connectivity index (χ4v) is 10.5. The molecule has 5 aromatic carbocycles. The number of carbonyl (C=O) groups is 1. The van der Waals surface area contributed by atoms with E-state index in [9.17, 15) is 15.5 Å². The molecular formula is C55H59N3O7. The topological polar surface area (TPSA) is 134 Å². The molecule has 3 aliphatic rings. The van der Waals surface area contributed by atoms with E-state index in [0.717, 1.165) is 64.5 Å². The molecule has 0 unspecified atom stereocenters. The number of aryl methyl sites for hydroxylation is 2. The van der Waals surface area contributed by atoms with E-state index in [-0.39, 0.29) is 56.4 Å². The molecule has 8 rings (SSSR count). The summed E-state index contributed by atoms with van der Waals surface area (Å²) >= 11 is 0. The van der Waals surface area contributed by atoms with Crippen molar-refractivity contribution in [1.82, 2.24) is 4.90 Å². The number of rotatable bonds is 18. The van der Waals surface area contributed by atoms with Crippen LogP contribution in [0.1, 0.15) is 89.0 Å². The maximum Gasteiger partial charge on any atom is 0.254 e. The number of nitriles is 1. The first-order valence-electron chi connectivity index (χ1n) is 22.9. The maximum atomic E-state index is 15.5. The van der Waals surface area contributed by atoms with Gasteiger partial charge in [0, 0.05) is 43.2 Å². The van der Waals surface area contributed by atoms with Gasteiger partial charge in [0.2, 0.25) is 5.79 Å². The van der Waals surface area contributed by atoms with Gasteiger partial charge in [0.05, 0.1) is 29.9 Å². The zero-order valence-electron chi connectivity index (χ0n) is 37.6. The zero-order valence-corrected chi connectivity index (χ0v) is 37.6. The molecule has 0 radical (unpaired) electrons. The van der Waals surface area contributed by atoms with Gasteiger partial charge in [-0.3, -0.25) is 4.79 Å². The van der Waals surface area contributed by atoms with Crippen molar-refractivity contribution in [3.05, 3.63) is 161 Å². The minimum Gasteiger partial charge on any atom is -0.459 e. The molecular weight excluding hydrogens is 815 g/mol. The Kier molecular flexibility index (Phi) is 14.1. The third-order valence-corrected chi connectivity index (χ3v) is 13.7. The Morgan fingerprint density at radius 1 is 0.923 bits per heavy atom. The van der Waals surface area contributed by atoms with E-state index in [1.807, 2.05) is 47.4 Å². The number of carbonyl (C=O) groups excluding carboxylic acids is 1. The molecule has 336 valence electrons. The summed E-state index contributed by atoms with van der Waals surface area (Å²) in [6, 6.07) is 34.6. The first-order chi connectivity index (χ1) is 31.7. The van der Waals surface area contributed by atoms with Gasteiger partial charge in [-0.15, -0.1) is 6.58 Å². The summed E-state index contributed by atoms with van der Waals surface area (Å²) in [4.78, 5) is 23.1. The van der Waals surface area contributed by atoms with Gasteiger partial charge in [0.15, 0.2) is 0 Å². The number of fused-ring (bicyclic) bond motifs is 3. The third kappa shape index (κ3) is 9.19. The van der Waals surface area contributed by atoms with Crippen LogP contribution in [-0.2, 0) is 16.1 Å². The summed E-state index contributed by atoms with van der Waals surface area (Å²) in [5.41, 5.74) is 6.76. The number of ether oxygens (including phenoxy) is 3. The van der Waals surface area contributed by atoms with Gasteiger partial charge < -0.3 is 34.2 Å². The molecule has 1 aliphatic heterocycles. The number of unbranched alkanes of at least 4 members (excludes halogenated alkanes) is 2. The number of amides is 1. The summed E-state index contributed by atoms with van der Waals surface area (Å²) in [6.45, 7) is 8.78. The van der Waals surface area contributed by atoms with E-state index in [4.69, 9.17) is 24.2 Å². The van der Waals surface area contributed by atoms with Crippen LogP contribution in [0.4, 0.5) is 0 Å². The van der Waals surface area contributed by atoms with Gasteiger partial charge in [-0.1, -0.05) is 78.7 Å². The molecule has 6 atom stereocenters. The Balaban J connectivity index is 1.37. The Hall–Kier alpha value is -6.25.